The number of carbonyl (C=O) groups excluding carboxylic acids is 2. The van der Waals surface area contributed by atoms with E-state index in [0.29, 0.717) is 83.7 Å². The van der Waals surface area contributed by atoms with E-state index in [1.54, 1.807) is 24.1 Å². The normalized spacial score (nSPS) is 28.6. The van der Waals surface area contributed by atoms with Crippen molar-refractivity contribution in [1.29, 1.82) is 0 Å². The van der Waals surface area contributed by atoms with E-state index in [2.05, 4.69) is 34.9 Å². The number of ether oxygens (including phenoxy) is 5. The molecule has 404 valence electrons. The molecule has 0 saturated heterocycles. The van der Waals surface area contributed by atoms with Crippen LogP contribution in [0.1, 0.15) is 141 Å². The molecular formula is C61H73N3O12. The Hall–Kier alpha value is -5.84. The third-order valence-corrected chi connectivity index (χ3v) is 19.7. The van der Waals surface area contributed by atoms with Gasteiger partial charge in [-0.25, -0.2) is 0 Å². The first kappa shape index (κ1) is 50.9. The fourth-order valence-electron chi connectivity index (χ4n) is 16.5. The van der Waals surface area contributed by atoms with E-state index in [0.717, 1.165) is 80.0 Å². The molecule has 3 heterocycles. The molecule has 0 spiro atoms. The summed E-state index contributed by atoms with van der Waals surface area (Å²) in [4.78, 5) is 29.4. The van der Waals surface area contributed by atoms with Gasteiger partial charge >= 0.3 is 0 Å². The number of aliphatic hydroxyl groups is 4. The van der Waals surface area contributed by atoms with E-state index in [-0.39, 0.29) is 80.0 Å². The summed E-state index contributed by atoms with van der Waals surface area (Å²) in [6.07, 6.45) is 11.3. The maximum absolute atomic E-state index is 13.9. The number of nitrogens with zero attached hydrogens (tertiary/aromatic N) is 1. The number of benzene rings is 4. The molecule has 2 amide bonds. The molecule has 0 aromatic heterocycles. The highest BCUT2D eigenvalue weighted by molar-refractivity contribution is 6.13. The summed E-state index contributed by atoms with van der Waals surface area (Å²) in [5, 5.41) is 65.0. The predicted octanol–water partition coefficient (Wildman–Crippen LogP) is 8.22. The maximum atomic E-state index is 13.9. The largest absolute Gasteiger partial charge is 0.502 e. The number of aliphatic hydroxyl groups excluding tert-OH is 4. The quantitative estimate of drug-likeness (QED) is 0.0302. The Labute approximate surface area is 444 Å². The van der Waals surface area contributed by atoms with E-state index in [9.17, 15) is 35.1 Å². The minimum absolute atomic E-state index is 0.0378. The van der Waals surface area contributed by atoms with Gasteiger partial charge in [-0.2, -0.15) is 0 Å². The number of phenolic OH excluding ortho intramolecular Hbond substituents is 1. The number of imide groups is 1. The highest BCUT2D eigenvalue weighted by Crippen LogP contribution is 2.68. The second-order valence-electron chi connectivity index (χ2n) is 22.9. The topological polar surface area (TPSA) is 209 Å². The number of hydrogen-bond acceptors (Lipinski definition) is 14. The lowest BCUT2D eigenvalue weighted by atomic mass is 9.40. The Kier molecular flexibility index (Phi) is 13.5. The molecule has 10 atom stereocenters. The van der Waals surface area contributed by atoms with Crippen molar-refractivity contribution >= 4 is 17.5 Å². The Morgan fingerprint density at radius 3 is 2.38 bits per heavy atom. The lowest BCUT2D eigenvalue weighted by molar-refractivity contribution is -0.156. The SMILES string of the molecule is CCNCOc1cc(OC)c2c3c1C(O)Nc1cc4c(c(c1-3)CC2)C(O)C(c1cc(OC)c(O)c(OCC(CO)C23CC(C5(N6C(=O)C=CC6=O)CCCCC5)CC5C(CCCO)CC(CC52)c2ccccc23)c1)CO4. The van der Waals surface area contributed by atoms with Crippen molar-refractivity contribution in [2.75, 3.05) is 59.2 Å². The van der Waals surface area contributed by atoms with E-state index in [1.807, 2.05) is 19.1 Å². The van der Waals surface area contributed by atoms with Crippen LogP contribution in [0.4, 0.5) is 5.69 Å². The van der Waals surface area contributed by atoms with E-state index in [1.165, 1.54) is 30.4 Å². The van der Waals surface area contributed by atoms with Gasteiger partial charge in [0, 0.05) is 76.1 Å². The molecule has 3 fully saturated rings. The van der Waals surface area contributed by atoms with E-state index >= 15 is 0 Å². The summed E-state index contributed by atoms with van der Waals surface area (Å²) < 4.78 is 31.4. The smallest absolute Gasteiger partial charge is 0.254 e. The lowest BCUT2D eigenvalue weighted by Gasteiger charge is -2.65. The molecule has 15 nitrogen and oxygen atoms in total. The fraction of sp³-hybridized carbons (Fsp3) is 0.541. The van der Waals surface area contributed by atoms with Crippen LogP contribution in [0.2, 0.25) is 0 Å². The Morgan fingerprint density at radius 1 is 0.868 bits per heavy atom. The van der Waals surface area contributed by atoms with Crippen LogP contribution in [-0.4, -0.2) is 102 Å². The molecule has 4 aromatic rings. The Morgan fingerprint density at radius 2 is 1.63 bits per heavy atom. The number of anilines is 1. The summed E-state index contributed by atoms with van der Waals surface area (Å²) >= 11 is 0. The van der Waals surface area contributed by atoms with Crippen molar-refractivity contribution in [3.8, 4) is 45.6 Å². The Balaban J connectivity index is 0.912. The van der Waals surface area contributed by atoms with Gasteiger partial charge in [0.05, 0.1) is 51.2 Å². The molecule has 12 rings (SSSR count). The van der Waals surface area contributed by atoms with Crippen molar-refractivity contribution in [2.45, 2.75) is 126 Å². The van der Waals surface area contributed by atoms with Gasteiger partial charge in [-0.05, 0) is 135 Å². The molecule has 76 heavy (non-hydrogen) atoms. The average molecular weight is 1040 g/mol. The number of fused-ring (bicyclic) bond motifs is 6. The third kappa shape index (κ3) is 7.91. The van der Waals surface area contributed by atoms with Crippen molar-refractivity contribution < 1.29 is 58.8 Å². The molecule has 5 aliphatic carbocycles. The second kappa shape index (κ2) is 20.2. The van der Waals surface area contributed by atoms with Crippen molar-refractivity contribution in [1.82, 2.24) is 10.2 Å². The zero-order valence-electron chi connectivity index (χ0n) is 43.9. The van der Waals surface area contributed by atoms with Gasteiger partial charge in [0.1, 0.15) is 24.0 Å². The average Bonchev–Trinajstić information content (AvgIpc) is 3.83. The third-order valence-electron chi connectivity index (χ3n) is 19.7. The van der Waals surface area contributed by atoms with Gasteiger partial charge in [0.15, 0.2) is 17.7 Å². The molecule has 15 heteroatoms. The summed E-state index contributed by atoms with van der Waals surface area (Å²) in [5.41, 5.74) is 7.31. The molecule has 0 radical (unpaired) electrons. The maximum Gasteiger partial charge on any atom is 0.254 e. The molecule has 2 bridgehead atoms. The van der Waals surface area contributed by atoms with Crippen molar-refractivity contribution in [2.24, 2.45) is 29.6 Å². The van der Waals surface area contributed by atoms with Gasteiger partial charge in [0.25, 0.3) is 11.8 Å². The predicted molar refractivity (Wildman–Crippen MR) is 284 cm³/mol. The molecule has 3 aliphatic heterocycles. The summed E-state index contributed by atoms with van der Waals surface area (Å²) in [6.45, 7) is 2.97. The number of rotatable bonds is 17. The number of amides is 2. The molecule has 10 unspecified atom stereocenters. The standard InChI is InChI=1S/C61H73N3O12/c1-4-62-32-76-48-27-46(72-2)39-14-15-40-53-45(63-59(71)56(48)55(39)53)26-47-54(40)57(69)42(31-75-47)35-23-49(73-3)58(70)50(24-35)74-30-37(29-66)61-28-36(60(18-8-5-9-19-60)64-51(67)16-17-52(64)68)25-41-33(11-10-20-65)21-34(22-44(41)61)38-12-6-7-13-43(38)61/h6-7,12-13,16-17,23-24,26-27,33-34,36-37,41-42,44,57,59,62-63,65-66,69-71H,4-5,8-11,14-15,18-22,25,28-32H2,1-3H3. The highest BCUT2D eigenvalue weighted by Gasteiger charge is 2.64. The first-order valence-corrected chi connectivity index (χ1v) is 27.9. The van der Waals surface area contributed by atoms with Crippen molar-refractivity contribution in [3.05, 3.63) is 99.6 Å². The van der Waals surface area contributed by atoms with Crippen LogP contribution in [0, 0.1) is 29.6 Å². The van der Waals surface area contributed by atoms with E-state index in [4.69, 9.17) is 23.7 Å². The lowest BCUT2D eigenvalue weighted by Crippen LogP contribution is -2.65. The van der Waals surface area contributed by atoms with Crippen LogP contribution >= 0.6 is 0 Å². The number of aromatic hydroxyl groups is 1. The minimum Gasteiger partial charge on any atom is -0.502 e. The highest BCUT2D eigenvalue weighted by atomic mass is 16.5. The van der Waals surface area contributed by atoms with Crippen LogP contribution in [0.15, 0.2) is 60.7 Å². The Bertz CT molecular complexity index is 2930. The van der Waals surface area contributed by atoms with Crippen LogP contribution in [0.25, 0.3) is 11.1 Å². The summed E-state index contributed by atoms with van der Waals surface area (Å²) in [7, 11) is 3.12. The number of nitrogens with one attached hydrogen (secondary N) is 2. The van der Waals surface area contributed by atoms with Gasteiger partial charge in [-0.3, -0.25) is 19.8 Å². The molecular weight excluding hydrogens is 967 g/mol. The van der Waals surface area contributed by atoms with Gasteiger partial charge in [-0.15, -0.1) is 0 Å². The van der Waals surface area contributed by atoms with Crippen molar-refractivity contribution in [3.63, 3.8) is 0 Å². The van der Waals surface area contributed by atoms with Gasteiger partial charge < -0.3 is 54.5 Å². The zero-order valence-corrected chi connectivity index (χ0v) is 43.9. The van der Waals surface area contributed by atoms with Crippen LogP contribution in [0.5, 0.6) is 34.5 Å². The first-order valence-electron chi connectivity index (χ1n) is 27.9. The van der Waals surface area contributed by atoms with Crippen LogP contribution in [-0.2, 0) is 27.8 Å². The second-order valence-corrected chi connectivity index (χ2v) is 22.9. The first-order chi connectivity index (χ1) is 37.0. The fourth-order valence-corrected chi connectivity index (χ4v) is 16.5. The molecule has 3 saturated carbocycles. The van der Waals surface area contributed by atoms with E-state index < -0.39 is 35.1 Å². The van der Waals surface area contributed by atoms with Crippen LogP contribution in [0.3, 0.4) is 0 Å². The number of carbonyl (C=O) groups is 2. The minimum atomic E-state index is -1.07. The molecule has 8 aliphatic rings. The monoisotopic (exact) mass is 1040 g/mol. The zero-order chi connectivity index (χ0) is 52.6. The summed E-state index contributed by atoms with van der Waals surface area (Å²) in [5.74, 6) is 1.17. The molecule has 7 N–H and O–H groups in total. The number of phenols is 1. The van der Waals surface area contributed by atoms with Gasteiger partial charge in [-0.1, -0.05) is 50.5 Å². The van der Waals surface area contributed by atoms with Crippen LogP contribution < -0.4 is 34.3 Å². The summed E-state index contributed by atoms with van der Waals surface area (Å²) in [6, 6.07) is 15.9. The molecule has 4 aromatic carbocycles. The van der Waals surface area contributed by atoms with Gasteiger partial charge in [0.2, 0.25) is 5.75 Å². The number of hydrogen-bond donors (Lipinski definition) is 7. The number of methoxy groups -OCH3 is 2.